The standard InChI is InChI=1S/C25H34/c1-2-3-4-5-6-7-8-9-10-11-14-21-17-18-23-20-22-15-12-13-16-24(22)25(23)19-21/h12-13,15-19H,2-11,14,20H2,1H3. The van der Waals surface area contributed by atoms with Gasteiger partial charge >= 0.3 is 0 Å². The SMILES string of the molecule is CCCCCCCCCCCCc1ccc2c(c1)-c1ccccc1C2. The molecule has 0 aliphatic heterocycles. The Morgan fingerprint density at radius 3 is 2.04 bits per heavy atom. The van der Waals surface area contributed by atoms with E-state index in [0.29, 0.717) is 0 Å². The fourth-order valence-corrected chi connectivity index (χ4v) is 4.14. The van der Waals surface area contributed by atoms with Crippen LogP contribution >= 0.6 is 0 Å². The van der Waals surface area contributed by atoms with E-state index in [1.165, 1.54) is 98.4 Å². The lowest BCUT2D eigenvalue weighted by Gasteiger charge is -2.06. The van der Waals surface area contributed by atoms with Crippen LogP contribution in [-0.2, 0) is 12.8 Å². The first-order valence-electron chi connectivity index (χ1n) is 10.6. The minimum absolute atomic E-state index is 1.12. The summed E-state index contributed by atoms with van der Waals surface area (Å²) in [6.45, 7) is 2.29. The lowest BCUT2D eigenvalue weighted by atomic mass is 9.99. The van der Waals surface area contributed by atoms with E-state index in [9.17, 15) is 0 Å². The molecule has 0 saturated carbocycles. The lowest BCUT2D eigenvalue weighted by Crippen LogP contribution is -1.89. The Morgan fingerprint density at radius 2 is 1.28 bits per heavy atom. The van der Waals surface area contributed by atoms with Crippen molar-refractivity contribution < 1.29 is 0 Å². The third-order valence-electron chi connectivity index (χ3n) is 5.68. The van der Waals surface area contributed by atoms with Gasteiger partial charge in [0.15, 0.2) is 0 Å². The highest BCUT2D eigenvalue weighted by Crippen LogP contribution is 2.37. The molecule has 0 atom stereocenters. The molecule has 1 aliphatic carbocycles. The van der Waals surface area contributed by atoms with Crippen molar-refractivity contribution in [3.05, 3.63) is 59.2 Å². The van der Waals surface area contributed by atoms with Gasteiger partial charge in [-0.1, -0.05) is 107 Å². The Kier molecular flexibility index (Phi) is 7.15. The number of fused-ring (bicyclic) bond motifs is 3. The van der Waals surface area contributed by atoms with Gasteiger partial charge in [0.25, 0.3) is 0 Å². The molecule has 0 heterocycles. The van der Waals surface area contributed by atoms with Crippen LogP contribution in [0.2, 0.25) is 0 Å². The van der Waals surface area contributed by atoms with E-state index in [2.05, 4.69) is 49.4 Å². The normalized spacial score (nSPS) is 12.2. The lowest BCUT2D eigenvalue weighted by molar-refractivity contribution is 0.556. The van der Waals surface area contributed by atoms with Crippen LogP contribution in [0, 0.1) is 0 Å². The van der Waals surface area contributed by atoms with Gasteiger partial charge in [-0.05, 0) is 47.1 Å². The molecule has 2 aromatic carbocycles. The third-order valence-corrected chi connectivity index (χ3v) is 5.68. The van der Waals surface area contributed by atoms with Crippen LogP contribution in [0.1, 0.15) is 87.8 Å². The van der Waals surface area contributed by atoms with Gasteiger partial charge in [-0.3, -0.25) is 0 Å². The van der Waals surface area contributed by atoms with Gasteiger partial charge in [-0.15, -0.1) is 0 Å². The van der Waals surface area contributed by atoms with Crippen molar-refractivity contribution in [2.45, 2.75) is 84.0 Å². The van der Waals surface area contributed by atoms with Crippen molar-refractivity contribution in [3.8, 4) is 11.1 Å². The number of benzene rings is 2. The van der Waals surface area contributed by atoms with Crippen molar-refractivity contribution >= 4 is 0 Å². The third kappa shape index (κ3) is 5.21. The molecule has 0 radical (unpaired) electrons. The Morgan fingerprint density at radius 1 is 0.640 bits per heavy atom. The van der Waals surface area contributed by atoms with Crippen LogP contribution in [0.25, 0.3) is 11.1 Å². The number of hydrogen-bond acceptors (Lipinski definition) is 0. The first-order chi connectivity index (χ1) is 12.4. The van der Waals surface area contributed by atoms with Gasteiger partial charge in [0.1, 0.15) is 0 Å². The van der Waals surface area contributed by atoms with Crippen molar-refractivity contribution in [1.82, 2.24) is 0 Å². The molecule has 0 unspecified atom stereocenters. The minimum atomic E-state index is 1.12. The van der Waals surface area contributed by atoms with Crippen LogP contribution in [0.3, 0.4) is 0 Å². The molecule has 0 aromatic heterocycles. The summed E-state index contributed by atoms with van der Waals surface area (Å²) in [4.78, 5) is 0. The highest BCUT2D eigenvalue weighted by Gasteiger charge is 2.17. The highest BCUT2D eigenvalue weighted by molar-refractivity contribution is 5.77. The van der Waals surface area contributed by atoms with E-state index in [-0.39, 0.29) is 0 Å². The molecule has 0 amide bonds. The maximum atomic E-state index is 2.45. The molecule has 0 heteroatoms. The summed E-state index contributed by atoms with van der Waals surface area (Å²) in [5.74, 6) is 0. The molecular weight excluding hydrogens is 300 g/mol. The molecule has 3 rings (SSSR count). The number of unbranched alkanes of at least 4 members (excludes halogenated alkanes) is 9. The molecule has 0 spiro atoms. The van der Waals surface area contributed by atoms with E-state index >= 15 is 0 Å². The summed E-state index contributed by atoms with van der Waals surface area (Å²) in [5.41, 5.74) is 7.47. The van der Waals surface area contributed by atoms with Crippen LogP contribution < -0.4 is 0 Å². The van der Waals surface area contributed by atoms with Gasteiger partial charge in [-0.2, -0.15) is 0 Å². The predicted octanol–water partition coefficient (Wildman–Crippen LogP) is 7.72. The molecule has 0 fully saturated rings. The summed E-state index contributed by atoms with van der Waals surface area (Å²) >= 11 is 0. The van der Waals surface area contributed by atoms with Gasteiger partial charge in [0.05, 0.1) is 0 Å². The van der Waals surface area contributed by atoms with E-state index < -0.39 is 0 Å². The van der Waals surface area contributed by atoms with E-state index in [1.807, 2.05) is 0 Å². The number of aryl methyl sites for hydroxylation is 1. The van der Waals surface area contributed by atoms with E-state index in [1.54, 1.807) is 0 Å². The summed E-state index contributed by atoms with van der Waals surface area (Å²) < 4.78 is 0. The quantitative estimate of drug-likeness (QED) is 0.315. The smallest absolute Gasteiger partial charge is 0.00135 e. The van der Waals surface area contributed by atoms with E-state index in [4.69, 9.17) is 0 Å². The molecule has 134 valence electrons. The topological polar surface area (TPSA) is 0 Å². The van der Waals surface area contributed by atoms with E-state index in [0.717, 1.165) is 6.42 Å². The second-order valence-electron chi connectivity index (χ2n) is 7.76. The van der Waals surface area contributed by atoms with Crippen LogP contribution in [0.15, 0.2) is 42.5 Å². The Hall–Kier alpha value is -1.56. The average Bonchev–Trinajstić information content (AvgIpc) is 3.01. The van der Waals surface area contributed by atoms with Crippen molar-refractivity contribution in [3.63, 3.8) is 0 Å². The zero-order valence-corrected chi connectivity index (χ0v) is 16.0. The summed E-state index contributed by atoms with van der Waals surface area (Å²) in [6, 6.07) is 16.1. The molecule has 0 bridgehead atoms. The number of rotatable bonds is 11. The molecule has 0 nitrogen and oxygen atoms in total. The van der Waals surface area contributed by atoms with Crippen molar-refractivity contribution in [2.24, 2.45) is 0 Å². The monoisotopic (exact) mass is 334 g/mol. The first-order valence-corrected chi connectivity index (χ1v) is 10.6. The second-order valence-corrected chi connectivity index (χ2v) is 7.76. The van der Waals surface area contributed by atoms with Crippen LogP contribution in [0.5, 0.6) is 0 Å². The average molecular weight is 335 g/mol. The molecule has 2 aromatic rings. The first kappa shape index (κ1) is 18.2. The van der Waals surface area contributed by atoms with Gasteiger partial charge < -0.3 is 0 Å². The fraction of sp³-hybridized carbons (Fsp3) is 0.520. The van der Waals surface area contributed by atoms with Crippen LogP contribution in [0.4, 0.5) is 0 Å². The van der Waals surface area contributed by atoms with Gasteiger partial charge in [0.2, 0.25) is 0 Å². The molecule has 25 heavy (non-hydrogen) atoms. The van der Waals surface area contributed by atoms with Gasteiger partial charge in [-0.25, -0.2) is 0 Å². The minimum Gasteiger partial charge on any atom is -0.0654 e. The van der Waals surface area contributed by atoms with Crippen molar-refractivity contribution in [2.75, 3.05) is 0 Å². The summed E-state index contributed by atoms with van der Waals surface area (Å²) in [6.07, 6.45) is 16.5. The Bertz CT molecular complexity index is 653. The molecule has 0 saturated heterocycles. The zero-order chi connectivity index (χ0) is 17.3. The Labute approximate surface area is 154 Å². The second kappa shape index (κ2) is 9.80. The maximum Gasteiger partial charge on any atom is -0.00135 e. The van der Waals surface area contributed by atoms with Crippen molar-refractivity contribution in [1.29, 1.82) is 0 Å². The highest BCUT2D eigenvalue weighted by atomic mass is 14.2. The van der Waals surface area contributed by atoms with Gasteiger partial charge in [0, 0.05) is 0 Å². The Balaban J connectivity index is 1.35. The predicted molar refractivity (Wildman–Crippen MR) is 110 cm³/mol. The number of hydrogen-bond donors (Lipinski definition) is 0. The maximum absolute atomic E-state index is 2.45. The summed E-state index contributed by atoms with van der Waals surface area (Å²) in [7, 11) is 0. The zero-order valence-electron chi connectivity index (χ0n) is 16.0. The fourth-order valence-electron chi connectivity index (χ4n) is 4.14. The van der Waals surface area contributed by atoms with Crippen LogP contribution in [-0.4, -0.2) is 0 Å². The molecular formula is C25H34. The molecule has 0 N–H and O–H groups in total. The summed E-state index contributed by atoms with van der Waals surface area (Å²) in [5, 5.41) is 0. The molecule has 1 aliphatic rings. The largest absolute Gasteiger partial charge is 0.0654 e.